The quantitative estimate of drug-likeness (QED) is 0.160. The Bertz CT molecular complexity index is 4230. The Kier molecular flexibility index (Phi) is 8.55. The van der Waals surface area contributed by atoms with Gasteiger partial charge in [0.15, 0.2) is 0 Å². The molecule has 11 aromatic carbocycles. The molecule has 318 valence electrons. The third kappa shape index (κ3) is 5.94. The summed E-state index contributed by atoms with van der Waals surface area (Å²) in [6, 6.07) is 87.0. The van der Waals surface area contributed by atoms with E-state index in [2.05, 4.69) is 240 Å². The van der Waals surface area contributed by atoms with Gasteiger partial charge in [-0.3, -0.25) is 0 Å². The Labute approximate surface area is 391 Å². The minimum atomic E-state index is 0.831. The van der Waals surface area contributed by atoms with Gasteiger partial charge >= 0.3 is 0 Å². The summed E-state index contributed by atoms with van der Waals surface area (Å²) in [4.78, 5) is 2.40. The van der Waals surface area contributed by atoms with Crippen LogP contribution < -0.4 is 4.90 Å². The van der Waals surface area contributed by atoms with E-state index in [1.807, 2.05) is 12.1 Å². The van der Waals surface area contributed by atoms with Crippen LogP contribution in [0.2, 0.25) is 0 Å². The van der Waals surface area contributed by atoms with Crippen molar-refractivity contribution in [3.63, 3.8) is 0 Å². The van der Waals surface area contributed by atoms with Crippen LogP contribution in [0.4, 0.5) is 17.1 Å². The van der Waals surface area contributed by atoms with Crippen molar-refractivity contribution in [2.75, 3.05) is 4.90 Å². The van der Waals surface area contributed by atoms with E-state index >= 15 is 0 Å². The number of rotatable bonds is 7. The van der Waals surface area contributed by atoms with Crippen molar-refractivity contribution in [2.24, 2.45) is 0 Å². The van der Waals surface area contributed by atoms with Gasteiger partial charge in [-0.15, -0.1) is 0 Å². The summed E-state index contributed by atoms with van der Waals surface area (Å²) in [7, 11) is 0. The van der Waals surface area contributed by atoms with Crippen LogP contribution >= 0.6 is 0 Å². The second-order valence-corrected chi connectivity index (χ2v) is 17.6. The van der Waals surface area contributed by atoms with Gasteiger partial charge in [-0.1, -0.05) is 170 Å². The summed E-state index contributed by atoms with van der Waals surface area (Å²) in [5, 5.41) is 9.23. The van der Waals surface area contributed by atoms with Crippen LogP contribution in [0.5, 0.6) is 0 Å². The third-order valence-electron chi connectivity index (χ3n) is 13.8. The number of aromatic nitrogens is 1. The van der Waals surface area contributed by atoms with E-state index < -0.39 is 0 Å². The summed E-state index contributed by atoms with van der Waals surface area (Å²) in [6.45, 7) is 0. The molecule has 0 atom stereocenters. The van der Waals surface area contributed by atoms with Crippen molar-refractivity contribution in [3.8, 4) is 39.1 Å². The zero-order valence-corrected chi connectivity index (χ0v) is 36.8. The van der Waals surface area contributed by atoms with Gasteiger partial charge < -0.3 is 18.3 Å². The van der Waals surface area contributed by atoms with Gasteiger partial charge in [0.2, 0.25) is 0 Å². The van der Waals surface area contributed by atoms with Crippen molar-refractivity contribution in [2.45, 2.75) is 0 Å². The molecule has 0 aliphatic heterocycles. The highest BCUT2D eigenvalue weighted by Gasteiger charge is 2.26. The number of anilines is 3. The van der Waals surface area contributed by atoms with E-state index in [4.69, 9.17) is 8.83 Å². The fourth-order valence-corrected chi connectivity index (χ4v) is 10.7. The van der Waals surface area contributed by atoms with Crippen LogP contribution in [-0.2, 0) is 0 Å². The lowest BCUT2D eigenvalue weighted by Gasteiger charge is -2.29. The number of fused-ring (bicyclic) bond motifs is 10. The van der Waals surface area contributed by atoms with Crippen LogP contribution in [0.15, 0.2) is 251 Å². The summed E-state index contributed by atoms with van der Waals surface area (Å²) >= 11 is 0. The number of hydrogen-bond donors (Lipinski definition) is 0. The summed E-state index contributed by atoms with van der Waals surface area (Å²) < 4.78 is 16.1. The van der Waals surface area contributed by atoms with Gasteiger partial charge in [-0.2, -0.15) is 0 Å². The average Bonchev–Trinajstić information content (AvgIpc) is 4.09. The highest BCUT2D eigenvalue weighted by molar-refractivity contribution is 6.16. The second kappa shape index (κ2) is 15.2. The molecule has 4 nitrogen and oxygen atoms in total. The van der Waals surface area contributed by atoms with Crippen molar-refractivity contribution in [1.82, 2.24) is 4.57 Å². The second-order valence-electron chi connectivity index (χ2n) is 17.6. The highest BCUT2D eigenvalue weighted by Crippen LogP contribution is 2.50. The molecule has 0 spiro atoms. The first kappa shape index (κ1) is 38.2. The van der Waals surface area contributed by atoms with Gasteiger partial charge in [0.1, 0.15) is 22.3 Å². The lowest BCUT2D eigenvalue weighted by atomic mass is 9.96. The summed E-state index contributed by atoms with van der Waals surface area (Å²) in [5.74, 6) is 0. The molecular weight excluding hydrogens is 829 g/mol. The molecule has 0 aliphatic carbocycles. The number of furan rings is 2. The number of hydrogen-bond acceptors (Lipinski definition) is 3. The number of nitrogens with zero attached hydrogens (tertiary/aromatic N) is 2. The third-order valence-corrected chi connectivity index (χ3v) is 13.8. The molecule has 0 bridgehead atoms. The van der Waals surface area contributed by atoms with E-state index in [-0.39, 0.29) is 0 Å². The van der Waals surface area contributed by atoms with Crippen molar-refractivity contribution < 1.29 is 8.83 Å². The van der Waals surface area contributed by atoms with Crippen LogP contribution in [-0.4, -0.2) is 4.57 Å². The molecule has 0 fully saturated rings. The number of benzene rings is 11. The average molecular weight is 869 g/mol. The molecule has 0 amide bonds. The van der Waals surface area contributed by atoms with Gasteiger partial charge in [-0.05, 0) is 100 Å². The maximum Gasteiger partial charge on any atom is 0.145 e. The van der Waals surface area contributed by atoms with Crippen molar-refractivity contribution in [3.05, 3.63) is 243 Å². The smallest absolute Gasteiger partial charge is 0.145 e. The Hall–Kier alpha value is -9.12. The number of para-hydroxylation sites is 6. The fourth-order valence-electron chi connectivity index (χ4n) is 10.7. The largest absolute Gasteiger partial charge is 0.455 e. The van der Waals surface area contributed by atoms with Crippen LogP contribution in [0.3, 0.4) is 0 Å². The molecule has 14 rings (SSSR count). The lowest BCUT2D eigenvalue weighted by molar-refractivity contribution is 0.669. The van der Waals surface area contributed by atoms with Crippen molar-refractivity contribution in [1.29, 1.82) is 0 Å². The summed E-state index contributed by atoms with van der Waals surface area (Å²) in [6.07, 6.45) is 0. The Morgan fingerprint density at radius 3 is 1.66 bits per heavy atom. The predicted molar refractivity (Wildman–Crippen MR) is 284 cm³/mol. The van der Waals surface area contributed by atoms with Crippen LogP contribution in [0.25, 0.3) is 116 Å². The normalized spacial score (nSPS) is 11.8. The van der Waals surface area contributed by atoms with Gasteiger partial charge in [0, 0.05) is 54.8 Å². The molecule has 0 saturated carbocycles. The highest BCUT2D eigenvalue weighted by atomic mass is 16.3. The maximum absolute atomic E-state index is 7.08. The minimum Gasteiger partial charge on any atom is -0.455 e. The molecule has 68 heavy (non-hydrogen) atoms. The first-order chi connectivity index (χ1) is 33.7. The maximum atomic E-state index is 7.08. The van der Waals surface area contributed by atoms with Crippen LogP contribution in [0.1, 0.15) is 0 Å². The monoisotopic (exact) mass is 868 g/mol. The van der Waals surface area contributed by atoms with E-state index in [1.54, 1.807) is 0 Å². The summed E-state index contributed by atoms with van der Waals surface area (Å²) in [5.41, 5.74) is 16.3. The molecular formula is C64H40N2O2. The molecule has 0 unspecified atom stereocenters. The molecule has 0 aliphatic rings. The van der Waals surface area contributed by atoms with Crippen LogP contribution in [0, 0.1) is 0 Å². The molecule has 4 heteroatoms. The molecule has 3 heterocycles. The van der Waals surface area contributed by atoms with Gasteiger partial charge in [-0.25, -0.2) is 0 Å². The zero-order chi connectivity index (χ0) is 44.7. The van der Waals surface area contributed by atoms with Gasteiger partial charge in [0.25, 0.3) is 0 Å². The van der Waals surface area contributed by atoms with E-state index in [9.17, 15) is 0 Å². The molecule has 0 saturated heterocycles. The predicted octanol–water partition coefficient (Wildman–Crippen LogP) is 18.2. The van der Waals surface area contributed by atoms with E-state index in [0.717, 1.165) is 105 Å². The lowest BCUT2D eigenvalue weighted by Crippen LogP contribution is -2.12. The zero-order valence-electron chi connectivity index (χ0n) is 36.8. The molecule has 0 radical (unpaired) electrons. The first-order valence-corrected chi connectivity index (χ1v) is 23.2. The SMILES string of the molecule is c1cc(-c2cccc3c2oc2ccccc23)cc(N(c2ccc(-c3ccc4ccccc4c3)cc2)c2ccc3c(oc4ccccc43)c2-c2ccccc2-n2c3ccccc3c3ccccc32)c1. The standard InChI is InChI=1S/C64H40N2O2/c1-2-16-43-39-44(32-31-41(43)15-1)42-33-35-46(36-34-42)65(47-18-13-17-45(40-47)48-24-14-25-53-51-21-6-11-29-60(51)67-63(48)53)59-38-37-54-52-22-7-12-30-61(52)68-64(54)62(59)55-23-5-10-28-58(55)66-56-26-8-3-19-49(56)50-20-4-9-27-57(50)66/h1-40H. The topological polar surface area (TPSA) is 34.5 Å². The first-order valence-electron chi connectivity index (χ1n) is 23.2. The van der Waals surface area contributed by atoms with E-state index in [1.165, 1.54) is 27.1 Å². The van der Waals surface area contributed by atoms with Gasteiger partial charge in [0.05, 0.1) is 28.0 Å². The fraction of sp³-hybridized carbons (Fsp3) is 0. The van der Waals surface area contributed by atoms with E-state index in [0.29, 0.717) is 0 Å². The molecule has 0 N–H and O–H groups in total. The Balaban J connectivity index is 1.04. The minimum absolute atomic E-state index is 0.831. The van der Waals surface area contributed by atoms with Crippen molar-refractivity contribution >= 4 is 93.5 Å². The Morgan fingerprint density at radius 2 is 0.897 bits per heavy atom. The Morgan fingerprint density at radius 1 is 0.324 bits per heavy atom. The molecule has 14 aromatic rings. The molecule has 3 aromatic heterocycles.